The van der Waals surface area contributed by atoms with Crippen molar-refractivity contribution in [3.63, 3.8) is 0 Å². The minimum atomic E-state index is -2.83. The van der Waals surface area contributed by atoms with Gasteiger partial charge in [-0.25, -0.2) is 8.42 Å². The fourth-order valence-corrected chi connectivity index (χ4v) is 6.05. The highest BCUT2D eigenvalue weighted by atomic mass is 32.2. The van der Waals surface area contributed by atoms with Crippen LogP contribution in [0, 0.1) is 5.92 Å². The molecule has 4 nitrogen and oxygen atoms in total. The molecular weight excluding hydrogens is 260 g/mol. The Kier molecular flexibility index (Phi) is 4.29. The van der Waals surface area contributed by atoms with Gasteiger partial charge in [0.05, 0.1) is 11.5 Å². The van der Waals surface area contributed by atoms with Crippen molar-refractivity contribution in [2.24, 2.45) is 5.92 Å². The zero-order valence-electron chi connectivity index (χ0n) is 12.6. The number of piperidine rings is 1. The molecule has 4 unspecified atom stereocenters. The zero-order valence-corrected chi connectivity index (χ0v) is 13.5. The van der Waals surface area contributed by atoms with Crippen LogP contribution in [-0.4, -0.2) is 55.5 Å². The summed E-state index contributed by atoms with van der Waals surface area (Å²) in [5, 5.41) is 3.56. The van der Waals surface area contributed by atoms with Gasteiger partial charge in [0.15, 0.2) is 9.84 Å². The topological polar surface area (TPSA) is 49.4 Å². The van der Waals surface area contributed by atoms with Crippen molar-refractivity contribution in [3.8, 4) is 0 Å². The molecule has 5 heteroatoms. The van der Waals surface area contributed by atoms with Crippen molar-refractivity contribution in [3.05, 3.63) is 0 Å². The SMILES string of the molecule is CCNC1CCN(C2(C)CCS(=O)(=O)C2)C(C)C1C. The van der Waals surface area contributed by atoms with E-state index in [1.54, 1.807) is 0 Å². The summed E-state index contributed by atoms with van der Waals surface area (Å²) in [5.41, 5.74) is -0.149. The Hall–Kier alpha value is -0.130. The second kappa shape index (κ2) is 5.34. The van der Waals surface area contributed by atoms with Gasteiger partial charge in [0, 0.05) is 24.2 Å². The summed E-state index contributed by atoms with van der Waals surface area (Å²) in [6.07, 6.45) is 1.91. The Morgan fingerprint density at radius 3 is 2.58 bits per heavy atom. The molecule has 19 heavy (non-hydrogen) atoms. The third-order valence-electron chi connectivity index (χ3n) is 5.21. The summed E-state index contributed by atoms with van der Waals surface area (Å²) >= 11 is 0. The smallest absolute Gasteiger partial charge is 0.152 e. The first-order valence-electron chi connectivity index (χ1n) is 7.49. The number of nitrogens with zero attached hydrogens (tertiary/aromatic N) is 1. The van der Waals surface area contributed by atoms with Crippen LogP contribution in [0.4, 0.5) is 0 Å². The molecule has 112 valence electrons. The largest absolute Gasteiger partial charge is 0.314 e. The fourth-order valence-electron chi connectivity index (χ4n) is 3.90. The van der Waals surface area contributed by atoms with E-state index in [9.17, 15) is 8.42 Å². The van der Waals surface area contributed by atoms with Crippen molar-refractivity contribution in [1.82, 2.24) is 10.2 Å². The number of nitrogens with one attached hydrogen (secondary N) is 1. The molecule has 0 amide bonds. The second-order valence-corrected chi connectivity index (χ2v) is 8.77. The number of sulfone groups is 1. The van der Waals surface area contributed by atoms with E-state index in [0.717, 1.165) is 25.9 Å². The van der Waals surface area contributed by atoms with Crippen molar-refractivity contribution in [2.75, 3.05) is 24.6 Å². The molecule has 2 heterocycles. The summed E-state index contributed by atoms with van der Waals surface area (Å²) in [7, 11) is -2.83. The molecule has 2 aliphatic heterocycles. The molecule has 2 rings (SSSR count). The van der Waals surface area contributed by atoms with Crippen LogP contribution < -0.4 is 5.32 Å². The van der Waals surface area contributed by atoms with Crippen LogP contribution in [0.15, 0.2) is 0 Å². The van der Waals surface area contributed by atoms with Crippen LogP contribution in [0.2, 0.25) is 0 Å². The van der Waals surface area contributed by atoms with Crippen LogP contribution in [-0.2, 0) is 9.84 Å². The van der Waals surface area contributed by atoms with Gasteiger partial charge < -0.3 is 5.32 Å². The summed E-state index contributed by atoms with van der Waals surface area (Å²) in [5.74, 6) is 1.26. The minimum absolute atomic E-state index is 0.149. The summed E-state index contributed by atoms with van der Waals surface area (Å²) in [6, 6.07) is 1.01. The quantitative estimate of drug-likeness (QED) is 0.850. The summed E-state index contributed by atoms with van der Waals surface area (Å²) in [4.78, 5) is 2.45. The maximum absolute atomic E-state index is 11.8. The lowest BCUT2D eigenvalue weighted by Gasteiger charge is -2.50. The van der Waals surface area contributed by atoms with Gasteiger partial charge in [0.1, 0.15) is 0 Å². The minimum Gasteiger partial charge on any atom is -0.314 e. The molecule has 0 saturated carbocycles. The second-order valence-electron chi connectivity index (χ2n) is 6.58. The van der Waals surface area contributed by atoms with Crippen LogP contribution in [0.1, 0.15) is 40.5 Å². The van der Waals surface area contributed by atoms with Crippen molar-refractivity contribution in [2.45, 2.75) is 58.2 Å². The van der Waals surface area contributed by atoms with Gasteiger partial charge in [-0.2, -0.15) is 0 Å². The number of rotatable bonds is 3. The number of hydrogen-bond acceptors (Lipinski definition) is 4. The Morgan fingerprint density at radius 2 is 2.05 bits per heavy atom. The zero-order chi connectivity index (χ0) is 14.3. The van der Waals surface area contributed by atoms with E-state index in [2.05, 4.69) is 37.9 Å². The predicted molar refractivity (Wildman–Crippen MR) is 79.1 cm³/mol. The Balaban J connectivity index is 2.11. The summed E-state index contributed by atoms with van der Waals surface area (Å²) < 4.78 is 23.6. The normalized spacial score (nSPS) is 43.5. The molecule has 2 fully saturated rings. The summed E-state index contributed by atoms with van der Waals surface area (Å²) in [6.45, 7) is 10.8. The molecule has 0 aliphatic carbocycles. The van der Waals surface area contributed by atoms with Crippen LogP contribution in [0.5, 0.6) is 0 Å². The molecule has 2 saturated heterocycles. The molecule has 0 aromatic rings. The van der Waals surface area contributed by atoms with E-state index < -0.39 is 9.84 Å². The first-order chi connectivity index (χ1) is 8.79. The van der Waals surface area contributed by atoms with Gasteiger partial charge in [-0.1, -0.05) is 13.8 Å². The number of likely N-dealkylation sites (tertiary alicyclic amines) is 1. The molecule has 0 aromatic carbocycles. The van der Waals surface area contributed by atoms with Gasteiger partial charge in [0.25, 0.3) is 0 Å². The maximum Gasteiger partial charge on any atom is 0.152 e. The standard InChI is InChI=1S/C14H28N2O2S/c1-5-15-13-6-8-16(12(3)11(13)2)14(4)7-9-19(17,18)10-14/h11-13,15H,5-10H2,1-4H3. The molecule has 0 spiro atoms. The van der Waals surface area contributed by atoms with Crippen molar-refractivity contribution < 1.29 is 8.42 Å². The predicted octanol–water partition coefficient (Wildman–Crippen LogP) is 1.27. The van der Waals surface area contributed by atoms with Gasteiger partial charge in [0.2, 0.25) is 0 Å². The molecule has 0 bridgehead atoms. The molecule has 1 N–H and O–H groups in total. The Labute approximate surface area is 117 Å². The number of hydrogen-bond donors (Lipinski definition) is 1. The molecular formula is C14H28N2O2S. The average Bonchev–Trinajstić information content (AvgIpc) is 2.61. The van der Waals surface area contributed by atoms with Gasteiger partial charge in [-0.05, 0) is 39.2 Å². The van der Waals surface area contributed by atoms with E-state index in [4.69, 9.17) is 0 Å². The first kappa shape index (κ1) is 15.3. The van der Waals surface area contributed by atoms with Crippen LogP contribution >= 0.6 is 0 Å². The van der Waals surface area contributed by atoms with E-state index in [0.29, 0.717) is 29.5 Å². The van der Waals surface area contributed by atoms with E-state index in [1.807, 2.05) is 0 Å². The van der Waals surface area contributed by atoms with Crippen LogP contribution in [0.3, 0.4) is 0 Å². The Bertz CT molecular complexity index is 423. The molecule has 0 aromatic heterocycles. The van der Waals surface area contributed by atoms with Gasteiger partial charge in [-0.3, -0.25) is 4.90 Å². The average molecular weight is 288 g/mol. The monoisotopic (exact) mass is 288 g/mol. The maximum atomic E-state index is 11.8. The third kappa shape index (κ3) is 2.98. The lowest BCUT2D eigenvalue weighted by atomic mass is 9.83. The highest BCUT2D eigenvalue weighted by Crippen LogP contribution is 2.36. The van der Waals surface area contributed by atoms with E-state index >= 15 is 0 Å². The van der Waals surface area contributed by atoms with Crippen LogP contribution in [0.25, 0.3) is 0 Å². The molecule has 2 aliphatic rings. The van der Waals surface area contributed by atoms with E-state index in [1.165, 1.54) is 0 Å². The van der Waals surface area contributed by atoms with Crippen molar-refractivity contribution >= 4 is 9.84 Å². The molecule has 4 atom stereocenters. The van der Waals surface area contributed by atoms with Crippen molar-refractivity contribution in [1.29, 1.82) is 0 Å². The Morgan fingerprint density at radius 1 is 1.37 bits per heavy atom. The fraction of sp³-hybridized carbons (Fsp3) is 1.00. The lowest BCUT2D eigenvalue weighted by molar-refractivity contribution is 0.00862. The van der Waals surface area contributed by atoms with Gasteiger partial charge in [-0.15, -0.1) is 0 Å². The first-order valence-corrected chi connectivity index (χ1v) is 9.32. The highest BCUT2D eigenvalue weighted by Gasteiger charge is 2.47. The third-order valence-corrected chi connectivity index (χ3v) is 7.10. The molecule has 0 radical (unpaired) electrons. The lowest BCUT2D eigenvalue weighted by Crippen LogP contribution is -2.61. The highest BCUT2D eigenvalue weighted by molar-refractivity contribution is 7.91. The van der Waals surface area contributed by atoms with Gasteiger partial charge >= 0.3 is 0 Å². The van der Waals surface area contributed by atoms with E-state index in [-0.39, 0.29) is 5.54 Å².